The molecule has 0 heterocycles. The summed E-state index contributed by atoms with van der Waals surface area (Å²) in [5.74, 6) is -1.60. The van der Waals surface area contributed by atoms with Crippen LogP contribution in [0.25, 0.3) is 0 Å². The van der Waals surface area contributed by atoms with Crippen LogP contribution >= 0.6 is 11.6 Å². The Morgan fingerprint density at radius 1 is 1.45 bits per heavy atom. The van der Waals surface area contributed by atoms with Gasteiger partial charge in [0.1, 0.15) is 5.03 Å². The molecule has 0 aliphatic heterocycles. The highest BCUT2D eigenvalue weighted by Gasteiger charge is 2.17. The monoisotopic (exact) mass is 200 g/mol. The molecule has 0 atom stereocenters. The van der Waals surface area contributed by atoms with E-state index in [2.05, 4.69) is 0 Å². The maximum Gasteiger partial charge on any atom is 0.348 e. The third-order valence-electron chi connectivity index (χ3n) is 0.884. The van der Waals surface area contributed by atoms with Crippen LogP contribution in [-0.2, 0) is 14.9 Å². The molecule has 7 heteroatoms. The van der Waals surface area contributed by atoms with Gasteiger partial charge in [-0.25, -0.2) is 4.79 Å². The highest BCUT2D eigenvalue weighted by molar-refractivity contribution is 7.89. The van der Waals surface area contributed by atoms with E-state index in [1.807, 2.05) is 0 Å². The van der Waals surface area contributed by atoms with Crippen LogP contribution in [0.5, 0.6) is 0 Å². The smallest absolute Gasteiger partial charge is 0.348 e. The SMILES string of the molecule is C/C(=C(/Cl)C(=O)O)S(=O)(=O)O. The number of aliphatic carboxylic acids is 1. The first-order chi connectivity index (χ1) is 4.76. The van der Waals surface area contributed by atoms with E-state index < -0.39 is 26.0 Å². The molecule has 0 aromatic heterocycles. The summed E-state index contributed by atoms with van der Waals surface area (Å²) in [6.07, 6.45) is 0. The van der Waals surface area contributed by atoms with Crippen molar-refractivity contribution < 1.29 is 22.9 Å². The Morgan fingerprint density at radius 3 is 1.91 bits per heavy atom. The fraction of sp³-hybridized carbons (Fsp3) is 0.250. The lowest BCUT2D eigenvalue weighted by molar-refractivity contribution is -0.131. The Kier molecular flexibility index (Phi) is 3.03. The van der Waals surface area contributed by atoms with Crippen molar-refractivity contribution in [3.63, 3.8) is 0 Å². The summed E-state index contributed by atoms with van der Waals surface area (Å²) in [4.78, 5) is 9.25. The van der Waals surface area contributed by atoms with Crippen LogP contribution in [0.1, 0.15) is 6.92 Å². The number of carboxylic acids is 1. The lowest BCUT2D eigenvalue weighted by atomic mass is 10.5. The van der Waals surface area contributed by atoms with Crippen LogP contribution < -0.4 is 0 Å². The van der Waals surface area contributed by atoms with Crippen molar-refractivity contribution in [2.24, 2.45) is 0 Å². The third-order valence-corrected chi connectivity index (χ3v) is 2.42. The van der Waals surface area contributed by atoms with Crippen LogP contribution in [0.2, 0.25) is 0 Å². The highest BCUT2D eigenvalue weighted by Crippen LogP contribution is 2.13. The lowest BCUT2D eigenvalue weighted by Gasteiger charge is -1.96. The molecule has 0 aliphatic rings. The summed E-state index contributed by atoms with van der Waals surface area (Å²) in [7, 11) is -4.48. The topological polar surface area (TPSA) is 91.7 Å². The molecular weight excluding hydrogens is 196 g/mol. The Morgan fingerprint density at radius 2 is 1.82 bits per heavy atom. The Hall–Kier alpha value is -0.590. The van der Waals surface area contributed by atoms with Gasteiger partial charge in [-0.1, -0.05) is 11.6 Å². The molecule has 0 rings (SSSR count). The molecule has 11 heavy (non-hydrogen) atoms. The number of carboxylic acid groups (broad SMARTS) is 1. The quantitative estimate of drug-likeness (QED) is 0.498. The van der Waals surface area contributed by atoms with E-state index >= 15 is 0 Å². The fourth-order valence-corrected chi connectivity index (χ4v) is 0.870. The van der Waals surface area contributed by atoms with Crippen LogP contribution in [-0.4, -0.2) is 24.0 Å². The molecule has 0 bridgehead atoms. The third kappa shape index (κ3) is 2.87. The minimum atomic E-state index is -4.48. The van der Waals surface area contributed by atoms with Gasteiger partial charge in [0, 0.05) is 0 Å². The van der Waals surface area contributed by atoms with E-state index in [1.165, 1.54) is 0 Å². The number of rotatable bonds is 2. The zero-order valence-corrected chi connectivity index (χ0v) is 6.98. The van der Waals surface area contributed by atoms with Gasteiger partial charge in [0.2, 0.25) is 0 Å². The molecule has 5 nitrogen and oxygen atoms in total. The lowest BCUT2D eigenvalue weighted by Crippen LogP contribution is -2.05. The normalized spacial score (nSPS) is 14.1. The van der Waals surface area contributed by atoms with Crippen molar-refractivity contribution in [2.45, 2.75) is 6.92 Å². The summed E-state index contributed by atoms with van der Waals surface area (Å²) in [6, 6.07) is 0. The van der Waals surface area contributed by atoms with Gasteiger partial charge < -0.3 is 5.11 Å². The van der Waals surface area contributed by atoms with Crippen LogP contribution in [0.15, 0.2) is 9.94 Å². The van der Waals surface area contributed by atoms with Crippen molar-refractivity contribution in [3.05, 3.63) is 9.94 Å². The molecule has 0 aromatic rings. The summed E-state index contributed by atoms with van der Waals surface area (Å²) in [6.45, 7) is 0.895. The molecule has 0 radical (unpaired) electrons. The van der Waals surface area contributed by atoms with Gasteiger partial charge in [0.15, 0.2) is 0 Å². The maximum absolute atomic E-state index is 10.2. The number of carbonyl (C=O) groups is 1. The van der Waals surface area contributed by atoms with E-state index in [9.17, 15) is 13.2 Å². The number of hydrogen-bond acceptors (Lipinski definition) is 3. The van der Waals surface area contributed by atoms with Gasteiger partial charge in [-0.05, 0) is 6.92 Å². The molecule has 0 spiro atoms. The molecule has 0 fully saturated rings. The number of halogens is 1. The number of allylic oxidation sites excluding steroid dienone is 1. The molecule has 2 N–H and O–H groups in total. The summed E-state index contributed by atoms with van der Waals surface area (Å²) < 4.78 is 28.7. The minimum absolute atomic E-state index is 0.772. The number of hydrogen-bond donors (Lipinski definition) is 2. The first-order valence-electron chi connectivity index (χ1n) is 2.34. The van der Waals surface area contributed by atoms with Crippen molar-refractivity contribution in [1.82, 2.24) is 0 Å². The second-order valence-electron chi connectivity index (χ2n) is 1.65. The Balaban J connectivity index is 5.16. The summed E-state index contributed by atoms with van der Waals surface area (Å²) >= 11 is 4.99. The van der Waals surface area contributed by atoms with Gasteiger partial charge in [-0.3, -0.25) is 4.55 Å². The van der Waals surface area contributed by atoms with Crippen LogP contribution in [0.3, 0.4) is 0 Å². The zero-order valence-electron chi connectivity index (χ0n) is 5.41. The van der Waals surface area contributed by atoms with E-state index in [-0.39, 0.29) is 0 Å². The van der Waals surface area contributed by atoms with Gasteiger partial charge in [-0.2, -0.15) is 8.42 Å². The average molecular weight is 201 g/mol. The van der Waals surface area contributed by atoms with Crippen molar-refractivity contribution >= 4 is 27.7 Å². The van der Waals surface area contributed by atoms with Crippen molar-refractivity contribution in [1.29, 1.82) is 0 Å². The van der Waals surface area contributed by atoms with E-state index in [1.54, 1.807) is 0 Å². The first-order valence-corrected chi connectivity index (χ1v) is 4.15. The predicted molar refractivity (Wildman–Crippen MR) is 37.7 cm³/mol. The average Bonchev–Trinajstić information content (AvgIpc) is 1.82. The van der Waals surface area contributed by atoms with Crippen molar-refractivity contribution in [2.75, 3.05) is 0 Å². The molecule has 0 unspecified atom stereocenters. The van der Waals surface area contributed by atoms with Crippen LogP contribution in [0.4, 0.5) is 0 Å². The second-order valence-corrected chi connectivity index (χ2v) is 3.59. The van der Waals surface area contributed by atoms with Gasteiger partial charge in [0.05, 0.1) is 4.91 Å². The van der Waals surface area contributed by atoms with Crippen molar-refractivity contribution in [3.8, 4) is 0 Å². The van der Waals surface area contributed by atoms with Gasteiger partial charge in [-0.15, -0.1) is 0 Å². The molecular formula is C4H5ClO5S. The minimum Gasteiger partial charge on any atom is -0.477 e. The molecule has 64 valence electrons. The predicted octanol–water partition coefficient (Wildman–Crippen LogP) is 0.429. The van der Waals surface area contributed by atoms with Crippen LogP contribution in [0, 0.1) is 0 Å². The fourth-order valence-electron chi connectivity index (χ4n) is 0.264. The summed E-state index contributed by atoms with van der Waals surface area (Å²) in [5, 5.41) is 7.24. The molecule has 0 saturated heterocycles. The highest BCUT2D eigenvalue weighted by atomic mass is 35.5. The Labute approximate surface area is 68.0 Å². The van der Waals surface area contributed by atoms with E-state index in [4.69, 9.17) is 21.3 Å². The summed E-state index contributed by atoms with van der Waals surface area (Å²) in [5.41, 5.74) is 0. The molecule has 0 aliphatic carbocycles. The zero-order chi connectivity index (χ0) is 9.23. The molecule has 0 saturated carbocycles. The van der Waals surface area contributed by atoms with Gasteiger partial charge in [0.25, 0.3) is 10.1 Å². The standard InChI is InChI=1S/C4H5ClO5S/c1-2(11(8,9)10)3(5)4(6)7/h1H3,(H,6,7)(H,8,9,10)/b3-2-. The molecule has 0 aromatic carbocycles. The second kappa shape index (κ2) is 3.21. The largest absolute Gasteiger partial charge is 0.477 e. The Bertz CT molecular complexity index is 300. The van der Waals surface area contributed by atoms with Gasteiger partial charge >= 0.3 is 5.97 Å². The van der Waals surface area contributed by atoms with E-state index in [0.29, 0.717) is 0 Å². The molecule has 0 amide bonds. The maximum atomic E-state index is 10.2. The first kappa shape index (κ1) is 10.4. The van der Waals surface area contributed by atoms with E-state index in [0.717, 1.165) is 6.92 Å².